The van der Waals surface area contributed by atoms with Gasteiger partial charge in [0.2, 0.25) is 0 Å². The van der Waals surface area contributed by atoms with Crippen LogP contribution in [0, 0.1) is 0 Å². The molecule has 0 aliphatic carbocycles. The largest absolute Gasteiger partial charge is 0.396 e. The zero-order chi connectivity index (χ0) is 17.2. The lowest BCUT2D eigenvalue weighted by Crippen LogP contribution is -2.15. The van der Waals surface area contributed by atoms with Crippen LogP contribution in [0.5, 0.6) is 0 Å². The molecule has 2 N–H and O–H groups in total. The lowest BCUT2D eigenvalue weighted by molar-refractivity contribution is 0.322. The normalized spacial score (nSPS) is 14.1. The Balaban J connectivity index is 3.63. The number of hydrogen-bond donors (Lipinski definition) is 4. The zero-order valence-electron chi connectivity index (χ0n) is 13.5. The molecule has 2 atom stereocenters. The summed E-state index contributed by atoms with van der Waals surface area (Å²) >= 11 is 18.6. The van der Waals surface area contributed by atoms with Crippen molar-refractivity contribution in [1.29, 1.82) is 0 Å². The van der Waals surface area contributed by atoms with Crippen LogP contribution >= 0.6 is 84.1 Å². The minimum atomic E-state index is 0.280. The van der Waals surface area contributed by atoms with Gasteiger partial charge >= 0.3 is 0 Å². The number of aliphatic hydroxyl groups excluding tert-OH is 2. The molecular weight excluding hydrogens is 425 g/mol. The van der Waals surface area contributed by atoms with E-state index in [-0.39, 0.29) is 13.2 Å². The molecule has 0 aromatic carbocycles. The van der Waals surface area contributed by atoms with Gasteiger partial charge in [-0.2, -0.15) is 84.1 Å². The number of aliphatic hydroxyl groups is 2. The first kappa shape index (κ1) is 25.4. The number of thiol groups is 2. The minimum Gasteiger partial charge on any atom is -0.396 e. The van der Waals surface area contributed by atoms with Gasteiger partial charge in [0.25, 0.3) is 0 Å². The number of rotatable bonds is 18. The molecule has 0 saturated carbocycles. The molecule has 0 radical (unpaired) electrons. The summed E-state index contributed by atoms with van der Waals surface area (Å²) < 4.78 is 0. The fourth-order valence-electron chi connectivity index (χ4n) is 1.52. The molecule has 0 aromatic heterocycles. The van der Waals surface area contributed by atoms with Crippen LogP contribution in [0.3, 0.4) is 0 Å². The maximum Gasteiger partial charge on any atom is 0.0521 e. The van der Waals surface area contributed by atoms with E-state index in [1.807, 2.05) is 58.8 Å². The summed E-state index contributed by atoms with van der Waals surface area (Å²) in [6, 6.07) is 0. The van der Waals surface area contributed by atoms with Crippen molar-refractivity contribution >= 4 is 84.1 Å². The van der Waals surface area contributed by atoms with E-state index in [9.17, 15) is 0 Å². The lowest BCUT2D eigenvalue weighted by Gasteiger charge is -2.17. The molecule has 140 valence electrons. The van der Waals surface area contributed by atoms with Crippen molar-refractivity contribution in [3.63, 3.8) is 0 Å². The summed E-state index contributed by atoms with van der Waals surface area (Å²) in [5, 5.41) is 18.7. The van der Waals surface area contributed by atoms with Crippen molar-refractivity contribution < 1.29 is 10.2 Å². The summed E-state index contributed by atoms with van der Waals surface area (Å²) in [5.74, 6) is 10.4. The molecule has 0 fully saturated rings. The Morgan fingerprint density at radius 1 is 0.609 bits per heavy atom. The van der Waals surface area contributed by atoms with Crippen molar-refractivity contribution in [2.75, 3.05) is 70.7 Å². The Bertz CT molecular complexity index is 215. The van der Waals surface area contributed by atoms with Crippen LogP contribution in [0.4, 0.5) is 0 Å². The van der Waals surface area contributed by atoms with Crippen LogP contribution in [0.15, 0.2) is 0 Å². The molecule has 0 unspecified atom stereocenters. The second kappa shape index (κ2) is 20.7. The third kappa shape index (κ3) is 17.5. The van der Waals surface area contributed by atoms with Gasteiger partial charge in [-0.25, -0.2) is 0 Å². The number of hydrogen-bond acceptors (Lipinski definition) is 9. The minimum absolute atomic E-state index is 0.280. The van der Waals surface area contributed by atoms with Gasteiger partial charge in [0.15, 0.2) is 0 Å². The highest BCUT2D eigenvalue weighted by molar-refractivity contribution is 8.06. The fourth-order valence-corrected chi connectivity index (χ4v) is 8.26. The number of thioether (sulfide) groups is 5. The van der Waals surface area contributed by atoms with E-state index in [2.05, 4.69) is 25.3 Å². The quantitative estimate of drug-likeness (QED) is 0.187. The molecule has 9 heteroatoms. The van der Waals surface area contributed by atoms with E-state index in [0.29, 0.717) is 10.5 Å². The van der Waals surface area contributed by atoms with Crippen molar-refractivity contribution in [2.24, 2.45) is 0 Å². The molecular formula is C14H30O2S7. The van der Waals surface area contributed by atoms with E-state index in [4.69, 9.17) is 10.2 Å². The van der Waals surface area contributed by atoms with Crippen LogP contribution in [-0.4, -0.2) is 91.5 Å². The smallest absolute Gasteiger partial charge is 0.0521 e. The van der Waals surface area contributed by atoms with Crippen molar-refractivity contribution in [3.05, 3.63) is 0 Å². The summed E-state index contributed by atoms with van der Waals surface area (Å²) in [6.45, 7) is 0.560. The van der Waals surface area contributed by atoms with E-state index in [1.54, 1.807) is 0 Å². The zero-order valence-corrected chi connectivity index (χ0v) is 19.3. The van der Waals surface area contributed by atoms with Crippen LogP contribution in [0.25, 0.3) is 0 Å². The molecule has 2 nitrogen and oxygen atoms in total. The van der Waals surface area contributed by atoms with Crippen molar-refractivity contribution in [1.82, 2.24) is 0 Å². The highest BCUT2D eigenvalue weighted by atomic mass is 32.2. The van der Waals surface area contributed by atoms with E-state index in [1.165, 1.54) is 0 Å². The van der Waals surface area contributed by atoms with Gasteiger partial charge in [0, 0.05) is 68.0 Å². The second-order valence-electron chi connectivity index (χ2n) is 4.56. The maximum atomic E-state index is 8.75. The first-order valence-electron chi connectivity index (χ1n) is 7.68. The van der Waals surface area contributed by atoms with Gasteiger partial charge in [0.05, 0.1) is 13.2 Å². The Labute approximate surface area is 174 Å². The Kier molecular flexibility index (Phi) is 22.8. The highest BCUT2D eigenvalue weighted by Gasteiger charge is 2.11. The summed E-state index contributed by atoms with van der Waals surface area (Å²) in [7, 11) is 0. The molecule has 0 amide bonds. The molecule has 0 aliphatic heterocycles. The fraction of sp³-hybridized carbons (Fsp3) is 1.00. The molecule has 0 aromatic rings. The molecule has 0 saturated heterocycles. The average molecular weight is 455 g/mol. The maximum absolute atomic E-state index is 8.75. The van der Waals surface area contributed by atoms with Gasteiger partial charge in [-0.15, -0.1) is 0 Å². The van der Waals surface area contributed by atoms with E-state index >= 15 is 0 Å². The SMILES string of the molecule is OCCSCCS[C@H](CS)CSC[C@H](CS)SCCSCCO. The predicted molar refractivity (Wildman–Crippen MR) is 126 cm³/mol. The van der Waals surface area contributed by atoms with Crippen LogP contribution in [0.1, 0.15) is 0 Å². The second-order valence-corrected chi connectivity index (χ2v) is 11.6. The van der Waals surface area contributed by atoms with Crippen LogP contribution < -0.4 is 0 Å². The Hall–Kier alpha value is 2.37. The predicted octanol–water partition coefficient (Wildman–Crippen LogP) is 3.23. The van der Waals surface area contributed by atoms with Gasteiger partial charge < -0.3 is 10.2 Å². The van der Waals surface area contributed by atoms with Gasteiger partial charge in [-0.05, 0) is 0 Å². The van der Waals surface area contributed by atoms with Gasteiger partial charge in [-0.3, -0.25) is 0 Å². The Morgan fingerprint density at radius 2 is 1.04 bits per heavy atom. The summed E-state index contributed by atoms with van der Waals surface area (Å²) in [6.07, 6.45) is 0. The molecule has 23 heavy (non-hydrogen) atoms. The average Bonchev–Trinajstić information content (AvgIpc) is 2.58. The topological polar surface area (TPSA) is 40.5 Å². The van der Waals surface area contributed by atoms with E-state index < -0.39 is 0 Å². The molecule has 0 bridgehead atoms. The molecule has 0 spiro atoms. The molecule has 0 heterocycles. The van der Waals surface area contributed by atoms with Gasteiger partial charge in [0.1, 0.15) is 0 Å². The van der Waals surface area contributed by atoms with Crippen molar-refractivity contribution in [3.8, 4) is 0 Å². The highest BCUT2D eigenvalue weighted by Crippen LogP contribution is 2.23. The standard InChI is InChI=1S/C14H30O2S7/c15-1-3-19-5-7-22-13(9-17)11-21-12-14(10-18)23-8-6-20-4-2-16/h13-18H,1-12H2/t13-,14+. The lowest BCUT2D eigenvalue weighted by atomic mass is 10.5. The summed E-state index contributed by atoms with van der Waals surface area (Å²) in [5.41, 5.74) is 0. The third-order valence-electron chi connectivity index (χ3n) is 2.65. The van der Waals surface area contributed by atoms with Gasteiger partial charge in [-0.1, -0.05) is 0 Å². The summed E-state index contributed by atoms with van der Waals surface area (Å²) in [4.78, 5) is 0. The first-order valence-corrected chi connectivity index (χ1v) is 14.5. The van der Waals surface area contributed by atoms with Crippen LogP contribution in [-0.2, 0) is 0 Å². The molecule has 0 rings (SSSR count). The first-order chi connectivity index (χ1) is 11.3. The molecule has 0 aliphatic rings. The van der Waals surface area contributed by atoms with Crippen LogP contribution in [0.2, 0.25) is 0 Å². The van der Waals surface area contributed by atoms with E-state index in [0.717, 1.165) is 57.5 Å². The van der Waals surface area contributed by atoms with Crippen molar-refractivity contribution in [2.45, 2.75) is 10.5 Å². The third-order valence-corrected chi connectivity index (χ3v) is 10.7. The Morgan fingerprint density at radius 3 is 1.39 bits per heavy atom. The monoisotopic (exact) mass is 454 g/mol.